The lowest BCUT2D eigenvalue weighted by molar-refractivity contribution is 0.0696. The third kappa shape index (κ3) is 4.19. The van der Waals surface area contributed by atoms with Crippen molar-refractivity contribution >= 4 is 23.8 Å². The normalized spacial score (nSPS) is 10.6. The van der Waals surface area contributed by atoms with Gasteiger partial charge in [0.25, 0.3) is 5.91 Å². The summed E-state index contributed by atoms with van der Waals surface area (Å²) in [5.41, 5.74) is 2.31. The fraction of sp³-hybridized carbons (Fsp3) is 0.167. The van der Waals surface area contributed by atoms with Crippen LogP contribution in [0, 0.1) is 0 Å². The molecule has 0 fully saturated rings. The van der Waals surface area contributed by atoms with Crippen LogP contribution >= 0.6 is 0 Å². The van der Waals surface area contributed by atoms with E-state index in [-0.39, 0.29) is 11.5 Å². The third-order valence-corrected chi connectivity index (χ3v) is 3.44. The highest BCUT2D eigenvalue weighted by Crippen LogP contribution is 2.13. The number of nitrogens with zero attached hydrogens (tertiary/aromatic N) is 3. The average molecular weight is 325 g/mol. The van der Waals surface area contributed by atoms with Crippen LogP contribution in [0.15, 0.2) is 53.6 Å². The monoisotopic (exact) mass is 325 g/mol. The first kappa shape index (κ1) is 17.2. The predicted octanol–water partition coefficient (Wildman–Crippen LogP) is 2.56. The van der Waals surface area contributed by atoms with E-state index in [0.29, 0.717) is 11.1 Å². The molecule has 0 radical (unpaired) electrons. The van der Waals surface area contributed by atoms with Gasteiger partial charge in [-0.1, -0.05) is 12.1 Å². The number of amides is 1. The number of rotatable bonds is 5. The SMILES string of the molecule is CN(/N=C/c1cccc(C(=O)O)c1)C(=O)c1ccc(N(C)C)cc1. The van der Waals surface area contributed by atoms with Gasteiger partial charge in [-0.15, -0.1) is 0 Å². The van der Waals surface area contributed by atoms with E-state index < -0.39 is 5.97 Å². The Hall–Kier alpha value is -3.15. The highest BCUT2D eigenvalue weighted by Gasteiger charge is 2.10. The van der Waals surface area contributed by atoms with Crippen molar-refractivity contribution in [3.63, 3.8) is 0 Å². The smallest absolute Gasteiger partial charge is 0.335 e. The number of hydrogen-bond acceptors (Lipinski definition) is 4. The van der Waals surface area contributed by atoms with E-state index in [2.05, 4.69) is 5.10 Å². The van der Waals surface area contributed by atoms with Crippen LogP contribution < -0.4 is 4.90 Å². The largest absolute Gasteiger partial charge is 0.478 e. The van der Waals surface area contributed by atoms with Crippen LogP contribution in [0.25, 0.3) is 0 Å². The Morgan fingerprint density at radius 1 is 1.00 bits per heavy atom. The summed E-state index contributed by atoms with van der Waals surface area (Å²) in [6, 6.07) is 13.6. The number of aromatic carboxylic acids is 1. The molecule has 0 heterocycles. The zero-order valence-electron chi connectivity index (χ0n) is 13.8. The van der Waals surface area contributed by atoms with Gasteiger partial charge in [-0.05, 0) is 42.0 Å². The number of benzene rings is 2. The van der Waals surface area contributed by atoms with Crippen molar-refractivity contribution in [2.24, 2.45) is 5.10 Å². The first-order valence-corrected chi connectivity index (χ1v) is 7.31. The third-order valence-electron chi connectivity index (χ3n) is 3.44. The zero-order valence-corrected chi connectivity index (χ0v) is 13.8. The molecule has 6 heteroatoms. The van der Waals surface area contributed by atoms with Gasteiger partial charge in [0.1, 0.15) is 0 Å². The minimum atomic E-state index is -1.00. The number of carbonyl (C=O) groups excluding carboxylic acids is 1. The van der Waals surface area contributed by atoms with Gasteiger partial charge in [0.15, 0.2) is 0 Å². The molecule has 0 saturated carbocycles. The maximum Gasteiger partial charge on any atom is 0.335 e. The van der Waals surface area contributed by atoms with Crippen molar-refractivity contribution in [1.82, 2.24) is 5.01 Å². The second kappa shape index (κ2) is 7.41. The molecule has 1 amide bonds. The Labute approximate surface area is 140 Å². The number of anilines is 1. The molecule has 0 aromatic heterocycles. The molecular weight excluding hydrogens is 306 g/mol. The highest BCUT2D eigenvalue weighted by atomic mass is 16.4. The molecule has 1 N–H and O–H groups in total. The summed E-state index contributed by atoms with van der Waals surface area (Å²) in [7, 11) is 5.41. The van der Waals surface area contributed by atoms with E-state index in [9.17, 15) is 9.59 Å². The van der Waals surface area contributed by atoms with Gasteiger partial charge in [0, 0.05) is 32.4 Å². The van der Waals surface area contributed by atoms with E-state index in [1.807, 2.05) is 31.1 Å². The van der Waals surface area contributed by atoms with E-state index in [0.717, 1.165) is 5.69 Å². The molecule has 2 aromatic rings. The Bertz CT molecular complexity index is 767. The lowest BCUT2D eigenvalue weighted by Gasteiger charge is -2.14. The number of hydrazone groups is 1. The Morgan fingerprint density at radius 3 is 2.25 bits per heavy atom. The minimum Gasteiger partial charge on any atom is -0.478 e. The summed E-state index contributed by atoms with van der Waals surface area (Å²) in [4.78, 5) is 25.2. The fourth-order valence-corrected chi connectivity index (χ4v) is 2.05. The van der Waals surface area contributed by atoms with E-state index >= 15 is 0 Å². The minimum absolute atomic E-state index is 0.173. The van der Waals surface area contributed by atoms with Gasteiger partial charge in [0.05, 0.1) is 11.8 Å². The van der Waals surface area contributed by atoms with Crippen molar-refractivity contribution in [3.05, 3.63) is 65.2 Å². The average Bonchev–Trinajstić information content (AvgIpc) is 2.59. The number of hydrogen-bond donors (Lipinski definition) is 1. The van der Waals surface area contributed by atoms with Crippen molar-refractivity contribution in [1.29, 1.82) is 0 Å². The Balaban J connectivity index is 2.10. The number of carbonyl (C=O) groups is 2. The molecule has 2 rings (SSSR count). The van der Waals surface area contributed by atoms with E-state index in [1.165, 1.54) is 23.4 Å². The van der Waals surface area contributed by atoms with Crippen LogP contribution in [0.5, 0.6) is 0 Å². The summed E-state index contributed by atoms with van der Waals surface area (Å²) in [6.07, 6.45) is 1.46. The van der Waals surface area contributed by atoms with Gasteiger partial charge in [-0.25, -0.2) is 9.80 Å². The van der Waals surface area contributed by atoms with Gasteiger partial charge in [-0.2, -0.15) is 5.10 Å². The van der Waals surface area contributed by atoms with Gasteiger partial charge in [-0.3, -0.25) is 4.79 Å². The van der Waals surface area contributed by atoms with Crippen molar-refractivity contribution in [3.8, 4) is 0 Å². The molecule has 0 aliphatic carbocycles. The zero-order chi connectivity index (χ0) is 17.7. The topological polar surface area (TPSA) is 73.2 Å². The van der Waals surface area contributed by atoms with Crippen LogP contribution in [-0.4, -0.2) is 49.3 Å². The summed E-state index contributed by atoms with van der Waals surface area (Å²) in [6.45, 7) is 0. The maximum atomic E-state index is 12.3. The van der Waals surface area contributed by atoms with Crippen LogP contribution in [0.4, 0.5) is 5.69 Å². The Kier molecular flexibility index (Phi) is 5.31. The van der Waals surface area contributed by atoms with Crippen LogP contribution in [0.2, 0.25) is 0 Å². The second-order valence-corrected chi connectivity index (χ2v) is 5.45. The molecule has 24 heavy (non-hydrogen) atoms. The summed E-state index contributed by atoms with van der Waals surface area (Å²) in [5, 5.41) is 14.3. The van der Waals surface area contributed by atoms with E-state index in [4.69, 9.17) is 5.11 Å². The first-order valence-electron chi connectivity index (χ1n) is 7.31. The van der Waals surface area contributed by atoms with E-state index in [1.54, 1.807) is 31.3 Å². The standard InChI is InChI=1S/C18H19N3O3/c1-20(2)16-9-7-14(8-10-16)17(22)21(3)19-12-13-5-4-6-15(11-13)18(23)24/h4-12H,1-3H3,(H,23,24)/b19-12+. The summed E-state index contributed by atoms with van der Waals surface area (Å²) >= 11 is 0. The van der Waals surface area contributed by atoms with Crippen LogP contribution in [0.1, 0.15) is 26.3 Å². The molecule has 0 bridgehead atoms. The van der Waals surface area contributed by atoms with Gasteiger partial charge < -0.3 is 10.0 Å². The quantitative estimate of drug-likeness (QED) is 0.677. The van der Waals surface area contributed by atoms with Crippen molar-refractivity contribution < 1.29 is 14.7 Å². The lowest BCUT2D eigenvalue weighted by Crippen LogP contribution is -2.21. The number of carboxylic acids is 1. The highest BCUT2D eigenvalue weighted by molar-refractivity contribution is 5.95. The lowest BCUT2D eigenvalue weighted by atomic mass is 10.1. The molecule has 0 aliphatic heterocycles. The van der Waals surface area contributed by atoms with Crippen molar-refractivity contribution in [2.45, 2.75) is 0 Å². The summed E-state index contributed by atoms with van der Waals surface area (Å²) < 4.78 is 0. The van der Waals surface area contributed by atoms with Crippen molar-refractivity contribution in [2.75, 3.05) is 26.0 Å². The molecule has 0 aliphatic rings. The molecule has 0 saturated heterocycles. The summed E-state index contributed by atoms with van der Waals surface area (Å²) in [5.74, 6) is -1.25. The van der Waals surface area contributed by atoms with Gasteiger partial charge >= 0.3 is 5.97 Å². The van der Waals surface area contributed by atoms with Gasteiger partial charge in [0.2, 0.25) is 0 Å². The molecule has 124 valence electrons. The molecule has 0 spiro atoms. The fourth-order valence-electron chi connectivity index (χ4n) is 2.05. The van der Waals surface area contributed by atoms with Crippen LogP contribution in [-0.2, 0) is 0 Å². The molecule has 6 nitrogen and oxygen atoms in total. The predicted molar refractivity (Wildman–Crippen MR) is 93.9 cm³/mol. The first-order chi connectivity index (χ1) is 11.4. The molecular formula is C18H19N3O3. The maximum absolute atomic E-state index is 12.3. The molecule has 2 aromatic carbocycles. The molecule has 0 atom stereocenters. The number of carboxylic acid groups (broad SMARTS) is 1. The second-order valence-electron chi connectivity index (χ2n) is 5.45. The van der Waals surface area contributed by atoms with Crippen LogP contribution in [0.3, 0.4) is 0 Å². The Morgan fingerprint density at radius 2 is 1.67 bits per heavy atom. The molecule has 0 unspecified atom stereocenters.